The number of carbonyl (C=O) groups excluding carboxylic acids is 1. The number of nitrogens with zero attached hydrogens (tertiary/aromatic N) is 1. The Morgan fingerprint density at radius 2 is 1.63 bits per heavy atom. The molecule has 4 aromatic rings. The molecular weight excluding hydrogens is 416 g/mol. The van der Waals surface area contributed by atoms with Gasteiger partial charge in [0.05, 0.1) is 5.75 Å². The van der Waals surface area contributed by atoms with E-state index in [2.05, 4.69) is 10.3 Å². The van der Waals surface area contributed by atoms with Crippen molar-refractivity contribution in [3.63, 3.8) is 0 Å². The van der Waals surface area contributed by atoms with Crippen molar-refractivity contribution >= 4 is 29.3 Å². The molecule has 1 N–H and O–H groups in total. The predicted octanol–water partition coefficient (Wildman–Crippen LogP) is 6.07. The fourth-order valence-electron chi connectivity index (χ4n) is 2.96. The number of amides is 1. The Bertz CT molecular complexity index is 1070. The van der Waals surface area contributed by atoms with Gasteiger partial charge < -0.3 is 9.73 Å². The normalized spacial score (nSPS) is 10.7. The summed E-state index contributed by atoms with van der Waals surface area (Å²) >= 11 is 7.26. The van der Waals surface area contributed by atoms with E-state index in [9.17, 15) is 4.79 Å². The minimum atomic E-state index is -0.0966. The zero-order valence-corrected chi connectivity index (χ0v) is 17.6. The molecule has 0 aliphatic heterocycles. The molecule has 1 heterocycles. The largest absolute Gasteiger partial charge is 0.431 e. The number of oxazole rings is 1. The van der Waals surface area contributed by atoms with E-state index in [1.165, 1.54) is 11.8 Å². The van der Waals surface area contributed by atoms with Gasteiger partial charge in [0, 0.05) is 22.7 Å². The maximum Gasteiger partial charge on any atom is 0.257 e. The van der Waals surface area contributed by atoms with Crippen molar-refractivity contribution in [3.8, 4) is 22.6 Å². The second-order valence-electron chi connectivity index (χ2n) is 6.58. The lowest BCUT2D eigenvalue weighted by Gasteiger charge is -2.04. The average Bonchev–Trinajstić information content (AvgIpc) is 3.22. The zero-order valence-electron chi connectivity index (χ0n) is 16.0. The number of rotatable bonds is 7. The molecule has 3 aromatic carbocycles. The lowest BCUT2D eigenvalue weighted by Crippen LogP contribution is -2.24. The molecule has 0 unspecified atom stereocenters. The Labute approximate surface area is 184 Å². The lowest BCUT2D eigenvalue weighted by atomic mass is 10.1. The molecule has 150 valence electrons. The molecule has 6 heteroatoms. The van der Waals surface area contributed by atoms with Gasteiger partial charge in [0.15, 0.2) is 5.76 Å². The third-order valence-corrected chi connectivity index (χ3v) is 5.46. The number of benzene rings is 3. The van der Waals surface area contributed by atoms with E-state index in [1.54, 1.807) is 6.07 Å². The van der Waals surface area contributed by atoms with Crippen LogP contribution < -0.4 is 5.32 Å². The maximum absolute atomic E-state index is 12.3. The third kappa shape index (κ3) is 5.12. The summed E-state index contributed by atoms with van der Waals surface area (Å²) < 4.78 is 6.04. The van der Waals surface area contributed by atoms with Crippen LogP contribution in [0.15, 0.2) is 94.6 Å². The minimum absolute atomic E-state index is 0.0966. The molecule has 0 atom stereocenters. The molecule has 0 bridgehead atoms. The quantitative estimate of drug-likeness (QED) is 0.358. The van der Waals surface area contributed by atoms with Crippen LogP contribution in [0.1, 0.15) is 5.56 Å². The molecule has 4 nitrogen and oxygen atoms in total. The lowest BCUT2D eigenvalue weighted by molar-refractivity contribution is -0.118. The van der Waals surface area contributed by atoms with E-state index < -0.39 is 0 Å². The van der Waals surface area contributed by atoms with Crippen molar-refractivity contribution in [3.05, 3.63) is 95.5 Å². The summed E-state index contributed by atoms with van der Waals surface area (Å²) in [4.78, 5) is 16.9. The first kappa shape index (κ1) is 20.3. The number of nitrogens with one attached hydrogen (secondary N) is 1. The molecule has 0 aliphatic carbocycles. The molecule has 0 fully saturated rings. The van der Waals surface area contributed by atoms with Crippen molar-refractivity contribution in [1.82, 2.24) is 10.3 Å². The number of halogens is 1. The summed E-state index contributed by atoms with van der Waals surface area (Å²) in [6.07, 6.45) is 0. The van der Waals surface area contributed by atoms with Crippen molar-refractivity contribution < 1.29 is 9.21 Å². The van der Waals surface area contributed by atoms with Crippen LogP contribution in [-0.2, 0) is 11.3 Å². The Hall–Kier alpha value is -3.02. The second-order valence-corrected chi connectivity index (χ2v) is 7.95. The maximum atomic E-state index is 12.3. The molecular formula is C24H19ClN2O2S. The van der Waals surface area contributed by atoms with E-state index in [1.807, 2.05) is 78.9 Å². The van der Waals surface area contributed by atoms with Gasteiger partial charge in [0.2, 0.25) is 5.91 Å². The fraction of sp³-hybridized carbons (Fsp3) is 0.0833. The van der Waals surface area contributed by atoms with Gasteiger partial charge in [-0.25, -0.2) is 4.98 Å². The van der Waals surface area contributed by atoms with Crippen LogP contribution in [0.4, 0.5) is 0 Å². The van der Waals surface area contributed by atoms with Crippen molar-refractivity contribution in [2.24, 2.45) is 0 Å². The summed E-state index contributed by atoms with van der Waals surface area (Å²) in [5, 5.41) is 4.01. The van der Waals surface area contributed by atoms with Crippen molar-refractivity contribution in [2.75, 3.05) is 5.75 Å². The van der Waals surface area contributed by atoms with Crippen molar-refractivity contribution in [1.29, 1.82) is 0 Å². The van der Waals surface area contributed by atoms with Gasteiger partial charge in [-0.3, -0.25) is 4.79 Å². The molecule has 1 aromatic heterocycles. The molecule has 0 aliphatic rings. The Morgan fingerprint density at radius 1 is 0.933 bits per heavy atom. The van der Waals surface area contributed by atoms with Crippen LogP contribution in [-0.4, -0.2) is 16.6 Å². The monoisotopic (exact) mass is 434 g/mol. The zero-order chi connectivity index (χ0) is 20.8. The highest BCUT2D eigenvalue weighted by atomic mass is 35.5. The fourth-order valence-corrected chi connectivity index (χ4v) is 3.83. The summed E-state index contributed by atoms with van der Waals surface area (Å²) in [5.74, 6) is 0.813. The molecule has 0 radical (unpaired) electrons. The van der Waals surface area contributed by atoms with Crippen LogP contribution in [0.2, 0.25) is 5.02 Å². The van der Waals surface area contributed by atoms with E-state index in [0.717, 1.165) is 22.4 Å². The van der Waals surface area contributed by atoms with Crippen LogP contribution >= 0.6 is 23.4 Å². The van der Waals surface area contributed by atoms with Crippen LogP contribution in [0.25, 0.3) is 22.6 Å². The highest BCUT2D eigenvalue weighted by molar-refractivity contribution is 7.99. The number of hydrogen-bond donors (Lipinski definition) is 1. The van der Waals surface area contributed by atoms with Crippen LogP contribution in [0, 0.1) is 0 Å². The first-order chi connectivity index (χ1) is 14.7. The van der Waals surface area contributed by atoms with Gasteiger partial charge in [-0.2, -0.15) is 0 Å². The SMILES string of the molecule is O=C(CSc1nc(-c2ccccc2)c(-c2ccccc2)o1)NCc1cccc(Cl)c1. The van der Waals surface area contributed by atoms with Gasteiger partial charge >= 0.3 is 0 Å². The number of thioether (sulfide) groups is 1. The van der Waals surface area contributed by atoms with Crippen molar-refractivity contribution in [2.45, 2.75) is 11.8 Å². The molecule has 1 amide bonds. The number of carbonyl (C=O) groups is 1. The summed E-state index contributed by atoms with van der Waals surface area (Å²) in [5.41, 5.74) is 3.64. The average molecular weight is 435 g/mol. The molecule has 0 spiro atoms. The summed E-state index contributed by atoms with van der Waals surface area (Å²) in [6, 6.07) is 27.2. The molecule has 0 saturated heterocycles. The Kier molecular flexibility index (Phi) is 6.52. The van der Waals surface area contributed by atoms with E-state index in [-0.39, 0.29) is 11.7 Å². The van der Waals surface area contributed by atoms with Gasteiger partial charge in [-0.05, 0) is 17.7 Å². The highest BCUT2D eigenvalue weighted by Gasteiger charge is 2.17. The third-order valence-electron chi connectivity index (χ3n) is 4.40. The predicted molar refractivity (Wildman–Crippen MR) is 121 cm³/mol. The summed E-state index contributed by atoms with van der Waals surface area (Å²) in [6.45, 7) is 0.427. The second kappa shape index (κ2) is 9.65. The molecule has 0 saturated carbocycles. The van der Waals surface area contributed by atoms with E-state index >= 15 is 0 Å². The van der Waals surface area contributed by atoms with Gasteiger partial charge in [0.25, 0.3) is 5.22 Å². The van der Waals surface area contributed by atoms with Gasteiger partial charge in [0.1, 0.15) is 5.69 Å². The standard InChI is InChI=1S/C24H19ClN2O2S/c25-20-13-7-8-17(14-20)15-26-21(28)16-30-24-27-22(18-9-3-1-4-10-18)23(29-24)19-11-5-2-6-12-19/h1-14H,15-16H2,(H,26,28). The highest BCUT2D eigenvalue weighted by Crippen LogP contribution is 2.35. The molecule has 4 rings (SSSR count). The Balaban J connectivity index is 1.46. The topological polar surface area (TPSA) is 55.1 Å². The first-order valence-electron chi connectivity index (χ1n) is 9.44. The van der Waals surface area contributed by atoms with E-state index in [0.29, 0.717) is 22.6 Å². The molecule has 30 heavy (non-hydrogen) atoms. The van der Waals surface area contributed by atoms with Crippen LogP contribution in [0.3, 0.4) is 0 Å². The summed E-state index contributed by atoms with van der Waals surface area (Å²) in [7, 11) is 0. The minimum Gasteiger partial charge on any atom is -0.431 e. The number of hydrogen-bond acceptors (Lipinski definition) is 4. The van der Waals surface area contributed by atoms with Gasteiger partial charge in [-0.1, -0.05) is 96.2 Å². The van der Waals surface area contributed by atoms with E-state index in [4.69, 9.17) is 16.0 Å². The Morgan fingerprint density at radius 3 is 2.33 bits per heavy atom. The number of aromatic nitrogens is 1. The van der Waals surface area contributed by atoms with Crippen LogP contribution in [0.5, 0.6) is 0 Å². The first-order valence-corrected chi connectivity index (χ1v) is 10.8. The van der Waals surface area contributed by atoms with Gasteiger partial charge in [-0.15, -0.1) is 0 Å². The smallest absolute Gasteiger partial charge is 0.257 e.